The van der Waals surface area contributed by atoms with Crippen LogP contribution in [0.15, 0.2) is 22.7 Å². The summed E-state index contributed by atoms with van der Waals surface area (Å²) in [4.78, 5) is 4.21. The van der Waals surface area contributed by atoms with Crippen LogP contribution in [0.25, 0.3) is 0 Å². The lowest BCUT2D eigenvalue weighted by molar-refractivity contribution is 0.377. The van der Waals surface area contributed by atoms with Gasteiger partial charge in [-0.15, -0.1) is 0 Å². The Morgan fingerprint density at radius 1 is 1.44 bits per heavy atom. The number of anilines is 1. The van der Waals surface area contributed by atoms with Crippen molar-refractivity contribution in [3.8, 4) is 5.75 Å². The molecular formula is C12H14ClN3O2. The molecule has 2 rings (SSSR count). The molecule has 6 heteroatoms. The van der Waals surface area contributed by atoms with Gasteiger partial charge < -0.3 is 14.6 Å². The Hall–Kier alpha value is -1.75. The number of hydrogen-bond acceptors (Lipinski definition) is 5. The van der Waals surface area contributed by atoms with Crippen LogP contribution in [-0.4, -0.2) is 17.3 Å². The van der Waals surface area contributed by atoms with Crippen molar-refractivity contribution in [1.82, 2.24) is 10.1 Å². The van der Waals surface area contributed by atoms with Gasteiger partial charge in [0.15, 0.2) is 5.82 Å². The third-order valence-electron chi connectivity index (χ3n) is 2.42. The molecule has 0 saturated heterocycles. The minimum atomic E-state index is 0.434. The first-order valence-corrected chi connectivity index (χ1v) is 5.99. The molecule has 0 aliphatic carbocycles. The summed E-state index contributed by atoms with van der Waals surface area (Å²) in [5.41, 5.74) is 0.793. The van der Waals surface area contributed by atoms with Crippen LogP contribution in [-0.2, 0) is 13.0 Å². The van der Waals surface area contributed by atoms with Crippen molar-refractivity contribution < 1.29 is 9.26 Å². The molecule has 1 aromatic carbocycles. The molecule has 0 fully saturated rings. The van der Waals surface area contributed by atoms with Crippen LogP contribution in [0.3, 0.4) is 0 Å². The van der Waals surface area contributed by atoms with Crippen molar-refractivity contribution in [3.63, 3.8) is 0 Å². The van der Waals surface area contributed by atoms with E-state index in [4.69, 9.17) is 20.9 Å². The fourth-order valence-corrected chi connectivity index (χ4v) is 1.67. The van der Waals surface area contributed by atoms with Crippen LogP contribution < -0.4 is 10.1 Å². The van der Waals surface area contributed by atoms with Crippen molar-refractivity contribution in [3.05, 3.63) is 34.9 Å². The molecule has 1 N–H and O–H groups in total. The minimum absolute atomic E-state index is 0.434. The fourth-order valence-electron chi connectivity index (χ4n) is 1.49. The monoisotopic (exact) mass is 267 g/mol. The second-order valence-corrected chi connectivity index (χ2v) is 4.09. The lowest BCUT2D eigenvalue weighted by atomic mass is 10.3. The molecule has 0 aliphatic rings. The highest BCUT2D eigenvalue weighted by atomic mass is 35.5. The van der Waals surface area contributed by atoms with Gasteiger partial charge in [-0.25, -0.2) is 0 Å². The number of nitrogens with one attached hydrogen (secondary N) is 1. The molecule has 18 heavy (non-hydrogen) atoms. The van der Waals surface area contributed by atoms with Crippen molar-refractivity contribution >= 4 is 17.3 Å². The minimum Gasteiger partial charge on any atom is -0.495 e. The van der Waals surface area contributed by atoms with Gasteiger partial charge in [0.05, 0.1) is 19.3 Å². The second-order valence-electron chi connectivity index (χ2n) is 3.66. The molecule has 2 aromatic rings. The number of hydrogen-bond donors (Lipinski definition) is 1. The molecule has 5 nitrogen and oxygen atoms in total. The van der Waals surface area contributed by atoms with Crippen LogP contribution in [0.2, 0.25) is 5.02 Å². The van der Waals surface area contributed by atoms with Crippen molar-refractivity contribution in [2.45, 2.75) is 19.9 Å². The normalized spacial score (nSPS) is 10.4. The molecule has 0 atom stereocenters. The number of aromatic nitrogens is 2. The van der Waals surface area contributed by atoms with Crippen molar-refractivity contribution in [2.75, 3.05) is 12.4 Å². The smallest absolute Gasteiger partial charge is 0.245 e. The Morgan fingerprint density at radius 3 is 2.94 bits per heavy atom. The van der Waals surface area contributed by atoms with Crippen LogP contribution in [0, 0.1) is 0 Å². The Balaban J connectivity index is 2.07. The van der Waals surface area contributed by atoms with Crippen LogP contribution >= 0.6 is 11.6 Å². The average Bonchev–Trinajstić information content (AvgIpc) is 2.84. The molecule has 96 valence electrons. The van der Waals surface area contributed by atoms with E-state index in [0.29, 0.717) is 23.3 Å². The Labute approximate surface area is 110 Å². The predicted molar refractivity (Wildman–Crippen MR) is 69.0 cm³/mol. The highest BCUT2D eigenvalue weighted by Crippen LogP contribution is 2.27. The van der Waals surface area contributed by atoms with Crippen molar-refractivity contribution in [1.29, 1.82) is 0 Å². The molecule has 0 spiro atoms. The molecule has 0 radical (unpaired) electrons. The van der Waals surface area contributed by atoms with Gasteiger partial charge >= 0.3 is 0 Å². The number of halogens is 1. The van der Waals surface area contributed by atoms with Gasteiger partial charge in [-0.2, -0.15) is 4.98 Å². The summed E-state index contributed by atoms with van der Waals surface area (Å²) < 4.78 is 10.3. The lowest BCUT2D eigenvalue weighted by Gasteiger charge is -2.09. The molecule has 1 heterocycles. The van der Waals surface area contributed by atoms with E-state index < -0.39 is 0 Å². The Kier molecular flexibility index (Phi) is 4.04. The zero-order valence-corrected chi connectivity index (χ0v) is 11.0. The van der Waals surface area contributed by atoms with E-state index in [1.807, 2.05) is 6.92 Å². The summed E-state index contributed by atoms with van der Waals surface area (Å²) in [5, 5.41) is 7.61. The number of methoxy groups -OCH3 is 1. The Bertz CT molecular complexity index is 528. The van der Waals surface area contributed by atoms with E-state index in [2.05, 4.69) is 15.5 Å². The van der Waals surface area contributed by atoms with E-state index in [0.717, 1.165) is 17.9 Å². The predicted octanol–water partition coefficient (Wildman–Crippen LogP) is 2.91. The maximum Gasteiger partial charge on any atom is 0.245 e. The number of benzene rings is 1. The van der Waals surface area contributed by atoms with E-state index in [9.17, 15) is 0 Å². The lowest BCUT2D eigenvalue weighted by Crippen LogP contribution is -2.01. The molecule has 0 amide bonds. The number of ether oxygens (including phenoxy) is 1. The first kappa shape index (κ1) is 12.7. The van der Waals surface area contributed by atoms with Crippen LogP contribution in [0.4, 0.5) is 5.69 Å². The number of aryl methyl sites for hydroxylation is 1. The number of nitrogens with zero attached hydrogens (tertiary/aromatic N) is 2. The van der Waals surface area contributed by atoms with E-state index in [-0.39, 0.29) is 0 Å². The van der Waals surface area contributed by atoms with Gasteiger partial charge in [-0.05, 0) is 18.2 Å². The third kappa shape index (κ3) is 2.92. The Morgan fingerprint density at radius 2 is 2.28 bits per heavy atom. The van der Waals surface area contributed by atoms with Gasteiger partial charge in [0.2, 0.25) is 5.89 Å². The summed E-state index contributed by atoms with van der Waals surface area (Å²) >= 11 is 5.94. The van der Waals surface area contributed by atoms with E-state index in [1.54, 1.807) is 25.3 Å². The highest BCUT2D eigenvalue weighted by Gasteiger charge is 2.07. The summed E-state index contributed by atoms with van der Waals surface area (Å²) in [7, 11) is 1.61. The molecule has 0 unspecified atom stereocenters. The highest BCUT2D eigenvalue weighted by molar-refractivity contribution is 6.30. The first-order valence-electron chi connectivity index (χ1n) is 5.61. The van der Waals surface area contributed by atoms with E-state index >= 15 is 0 Å². The van der Waals surface area contributed by atoms with Crippen molar-refractivity contribution in [2.24, 2.45) is 0 Å². The van der Waals surface area contributed by atoms with Gasteiger partial charge in [0.1, 0.15) is 5.75 Å². The number of rotatable bonds is 5. The largest absolute Gasteiger partial charge is 0.495 e. The van der Waals surface area contributed by atoms with Gasteiger partial charge in [0, 0.05) is 11.4 Å². The topological polar surface area (TPSA) is 60.2 Å². The SMILES string of the molecule is CCc1noc(CNc2cc(Cl)ccc2OC)n1. The summed E-state index contributed by atoms with van der Waals surface area (Å²) in [5.74, 6) is 1.95. The maximum absolute atomic E-state index is 5.94. The zero-order valence-electron chi connectivity index (χ0n) is 10.2. The fraction of sp³-hybridized carbons (Fsp3) is 0.333. The molecular weight excluding hydrogens is 254 g/mol. The van der Waals surface area contributed by atoms with E-state index in [1.165, 1.54) is 0 Å². The third-order valence-corrected chi connectivity index (χ3v) is 2.65. The first-order chi connectivity index (χ1) is 8.72. The van der Waals surface area contributed by atoms with Crippen LogP contribution in [0.5, 0.6) is 5.75 Å². The van der Waals surface area contributed by atoms with Gasteiger partial charge in [-0.3, -0.25) is 0 Å². The molecule has 0 aliphatic heterocycles. The molecule has 0 saturated carbocycles. The van der Waals surface area contributed by atoms with Gasteiger partial charge in [-0.1, -0.05) is 23.7 Å². The summed E-state index contributed by atoms with van der Waals surface area (Å²) in [6.07, 6.45) is 0.754. The standard InChI is InChI=1S/C12H14ClN3O2/c1-3-11-15-12(18-16-11)7-14-9-6-8(13)4-5-10(9)17-2/h4-6,14H,3,7H2,1-2H3. The average molecular weight is 268 g/mol. The maximum atomic E-state index is 5.94. The quantitative estimate of drug-likeness (QED) is 0.903. The zero-order chi connectivity index (χ0) is 13.0. The summed E-state index contributed by atoms with van der Waals surface area (Å²) in [6.45, 7) is 2.41. The summed E-state index contributed by atoms with van der Waals surface area (Å²) in [6, 6.07) is 5.36. The molecule has 0 bridgehead atoms. The molecule has 1 aromatic heterocycles. The second kappa shape index (κ2) is 5.73. The van der Waals surface area contributed by atoms with Crippen LogP contribution in [0.1, 0.15) is 18.6 Å². The van der Waals surface area contributed by atoms with Gasteiger partial charge in [0.25, 0.3) is 0 Å².